The van der Waals surface area contributed by atoms with Gasteiger partial charge in [0, 0.05) is 0 Å². The number of phenolic OH excluding ortho intramolecular Hbond substituents is 1. The van der Waals surface area contributed by atoms with E-state index < -0.39 is 17.8 Å². The van der Waals surface area contributed by atoms with E-state index in [0.717, 1.165) is 10.5 Å². The smallest absolute Gasteiger partial charge is 0.331 e. The molecule has 132 valence electrons. The first-order valence-electron chi connectivity index (χ1n) is 7.79. The highest BCUT2D eigenvalue weighted by atomic mass is 16.5. The van der Waals surface area contributed by atoms with Crippen LogP contribution in [-0.4, -0.2) is 35.0 Å². The predicted octanol–water partition coefficient (Wildman–Crippen LogP) is 2.06. The molecule has 1 aliphatic heterocycles. The van der Waals surface area contributed by atoms with Crippen molar-refractivity contribution < 1.29 is 24.2 Å². The third-order valence-corrected chi connectivity index (χ3v) is 3.88. The van der Waals surface area contributed by atoms with Crippen LogP contribution in [-0.2, 0) is 16.1 Å². The van der Waals surface area contributed by atoms with Crippen LogP contribution in [0, 0.1) is 0 Å². The summed E-state index contributed by atoms with van der Waals surface area (Å²) in [6, 6.07) is 12.6. The SMILES string of the molecule is COc1cc(/C=C2/C(=O)NC(=O)N(Cc3ccccc3)C2=O)ccc1O. The number of aromatic hydroxyl groups is 1. The molecule has 1 aliphatic rings. The van der Waals surface area contributed by atoms with Crippen molar-refractivity contribution in [3.05, 3.63) is 65.2 Å². The number of benzene rings is 2. The Balaban J connectivity index is 1.92. The second-order valence-corrected chi connectivity index (χ2v) is 5.63. The summed E-state index contributed by atoms with van der Waals surface area (Å²) in [7, 11) is 1.39. The molecule has 7 heteroatoms. The van der Waals surface area contributed by atoms with Gasteiger partial charge in [-0.05, 0) is 29.3 Å². The van der Waals surface area contributed by atoms with Crippen LogP contribution in [0.25, 0.3) is 6.08 Å². The summed E-state index contributed by atoms with van der Waals surface area (Å²) in [5.41, 5.74) is 1.07. The molecule has 1 saturated heterocycles. The molecule has 0 spiro atoms. The van der Waals surface area contributed by atoms with E-state index in [1.54, 1.807) is 24.3 Å². The van der Waals surface area contributed by atoms with Crippen LogP contribution in [0.15, 0.2) is 54.1 Å². The molecule has 3 rings (SSSR count). The van der Waals surface area contributed by atoms with Gasteiger partial charge in [0.05, 0.1) is 13.7 Å². The Morgan fingerprint density at radius 3 is 2.54 bits per heavy atom. The fourth-order valence-corrected chi connectivity index (χ4v) is 2.55. The number of carbonyl (C=O) groups excluding carboxylic acids is 3. The summed E-state index contributed by atoms with van der Waals surface area (Å²) in [4.78, 5) is 37.8. The van der Waals surface area contributed by atoms with E-state index in [-0.39, 0.29) is 23.6 Å². The van der Waals surface area contributed by atoms with Crippen LogP contribution in [0.2, 0.25) is 0 Å². The van der Waals surface area contributed by atoms with Crippen LogP contribution in [0.5, 0.6) is 11.5 Å². The van der Waals surface area contributed by atoms with E-state index in [9.17, 15) is 19.5 Å². The molecule has 1 fully saturated rings. The van der Waals surface area contributed by atoms with Gasteiger partial charge in [-0.15, -0.1) is 0 Å². The highest BCUT2D eigenvalue weighted by molar-refractivity contribution is 6.30. The highest BCUT2D eigenvalue weighted by Crippen LogP contribution is 2.27. The second-order valence-electron chi connectivity index (χ2n) is 5.63. The van der Waals surface area contributed by atoms with Gasteiger partial charge in [0.15, 0.2) is 11.5 Å². The number of nitrogens with zero attached hydrogens (tertiary/aromatic N) is 1. The number of phenols is 1. The summed E-state index contributed by atoms with van der Waals surface area (Å²) in [6.07, 6.45) is 1.35. The van der Waals surface area contributed by atoms with Crippen molar-refractivity contribution in [1.29, 1.82) is 0 Å². The van der Waals surface area contributed by atoms with E-state index in [1.165, 1.54) is 31.4 Å². The zero-order valence-corrected chi connectivity index (χ0v) is 13.9. The van der Waals surface area contributed by atoms with Crippen molar-refractivity contribution in [3.8, 4) is 11.5 Å². The number of hydrogen-bond acceptors (Lipinski definition) is 5. The zero-order valence-electron chi connectivity index (χ0n) is 13.9. The molecule has 2 N–H and O–H groups in total. The molecule has 0 saturated carbocycles. The van der Waals surface area contributed by atoms with Gasteiger partial charge in [-0.2, -0.15) is 0 Å². The molecule has 0 unspecified atom stereocenters. The molecule has 2 aromatic rings. The van der Waals surface area contributed by atoms with Crippen molar-refractivity contribution in [2.75, 3.05) is 7.11 Å². The summed E-state index contributed by atoms with van der Waals surface area (Å²) in [5.74, 6) is -1.30. The topological polar surface area (TPSA) is 95.9 Å². The van der Waals surface area contributed by atoms with Gasteiger partial charge >= 0.3 is 6.03 Å². The lowest BCUT2D eigenvalue weighted by molar-refractivity contribution is -0.130. The maximum atomic E-state index is 12.7. The molecule has 0 radical (unpaired) electrons. The number of hydrogen-bond donors (Lipinski definition) is 2. The molecule has 0 aliphatic carbocycles. The number of urea groups is 1. The highest BCUT2D eigenvalue weighted by Gasteiger charge is 2.35. The average Bonchev–Trinajstić information content (AvgIpc) is 2.64. The molecule has 0 bridgehead atoms. The number of ether oxygens (including phenoxy) is 1. The van der Waals surface area contributed by atoms with Gasteiger partial charge in [-0.25, -0.2) is 4.79 Å². The Bertz CT molecular complexity index is 905. The third kappa shape index (κ3) is 3.41. The number of barbiturate groups is 1. The Kier molecular flexibility index (Phi) is 4.70. The van der Waals surface area contributed by atoms with Crippen molar-refractivity contribution in [1.82, 2.24) is 10.2 Å². The fourth-order valence-electron chi connectivity index (χ4n) is 2.55. The van der Waals surface area contributed by atoms with Crippen LogP contribution >= 0.6 is 0 Å². The fraction of sp³-hybridized carbons (Fsp3) is 0.105. The number of imide groups is 2. The Morgan fingerprint density at radius 2 is 1.85 bits per heavy atom. The largest absolute Gasteiger partial charge is 0.504 e. The lowest BCUT2D eigenvalue weighted by Gasteiger charge is -2.26. The minimum absolute atomic E-state index is 0.0506. The first-order valence-corrected chi connectivity index (χ1v) is 7.79. The number of amides is 4. The van der Waals surface area contributed by atoms with Gasteiger partial charge in [-0.3, -0.25) is 19.8 Å². The van der Waals surface area contributed by atoms with Crippen LogP contribution in [0.3, 0.4) is 0 Å². The third-order valence-electron chi connectivity index (χ3n) is 3.88. The summed E-state index contributed by atoms with van der Waals surface area (Å²) in [6.45, 7) is 0.0506. The Labute approximate surface area is 149 Å². The quantitative estimate of drug-likeness (QED) is 0.649. The standard InChI is InChI=1S/C19H16N2O5/c1-26-16-10-13(7-8-15(16)22)9-14-17(23)20-19(25)21(18(14)24)11-12-5-3-2-4-6-12/h2-10,22H,11H2,1H3,(H,20,23,25)/b14-9-. The van der Waals surface area contributed by atoms with Gasteiger partial charge in [0.25, 0.3) is 11.8 Å². The predicted molar refractivity (Wildman–Crippen MR) is 93.2 cm³/mol. The number of nitrogens with one attached hydrogen (secondary N) is 1. The van der Waals surface area contributed by atoms with E-state index in [0.29, 0.717) is 5.56 Å². The first-order chi connectivity index (χ1) is 12.5. The summed E-state index contributed by atoms with van der Waals surface area (Å²) in [5, 5.41) is 11.8. The van der Waals surface area contributed by atoms with Gasteiger partial charge in [-0.1, -0.05) is 36.4 Å². The maximum Gasteiger partial charge on any atom is 0.331 e. The lowest BCUT2D eigenvalue weighted by atomic mass is 10.1. The lowest BCUT2D eigenvalue weighted by Crippen LogP contribution is -2.53. The van der Waals surface area contributed by atoms with Crippen LogP contribution < -0.4 is 10.1 Å². The van der Waals surface area contributed by atoms with Crippen LogP contribution in [0.4, 0.5) is 4.79 Å². The number of rotatable bonds is 4. The number of methoxy groups -OCH3 is 1. The van der Waals surface area contributed by atoms with E-state index in [2.05, 4.69) is 5.32 Å². The Hall–Kier alpha value is -3.61. The van der Waals surface area contributed by atoms with Gasteiger partial charge in [0.2, 0.25) is 0 Å². The minimum Gasteiger partial charge on any atom is -0.504 e. The first kappa shape index (κ1) is 17.2. The van der Waals surface area contributed by atoms with Crippen molar-refractivity contribution in [2.45, 2.75) is 6.54 Å². The molecule has 7 nitrogen and oxygen atoms in total. The zero-order chi connectivity index (χ0) is 18.7. The van der Waals surface area contributed by atoms with Crippen molar-refractivity contribution in [2.24, 2.45) is 0 Å². The molecular weight excluding hydrogens is 336 g/mol. The monoisotopic (exact) mass is 352 g/mol. The molecule has 4 amide bonds. The van der Waals surface area contributed by atoms with Gasteiger partial charge < -0.3 is 9.84 Å². The summed E-state index contributed by atoms with van der Waals surface area (Å²) < 4.78 is 5.02. The molecule has 0 atom stereocenters. The minimum atomic E-state index is -0.767. The molecule has 2 aromatic carbocycles. The van der Waals surface area contributed by atoms with E-state index in [4.69, 9.17) is 4.74 Å². The molecular formula is C19H16N2O5. The van der Waals surface area contributed by atoms with E-state index in [1.807, 2.05) is 6.07 Å². The maximum absolute atomic E-state index is 12.7. The molecule has 26 heavy (non-hydrogen) atoms. The average molecular weight is 352 g/mol. The van der Waals surface area contributed by atoms with Crippen molar-refractivity contribution >= 4 is 23.9 Å². The molecule has 0 aromatic heterocycles. The van der Waals surface area contributed by atoms with Crippen molar-refractivity contribution in [3.63, 3.8) is 0 Å². The molecule has 1 heterocycles. The second kappa shape index (κ2) is 7.10. The number of carbonyl (C=O) groups is 3. The summed E-state index contributed by atoms with van der Waals surface area (Å²) >= 11 is 0. The Morgan fingerprint density at radius 1 is 1.12 bits per heavy atom. The van der Waals surface area contributed by atoms with Gasteiger partial charge in [0.1, 0.15) is 5.57 Å². The van der Waals surface area contributed by atoms with Crippen LogP contribution in [0.1, 0.15) is 11.1 Å². The normalized spacial score (nSPS) is 16.0. The van der Waals surface area contributed by atoms with E-state index >= 15 is 0 Å².